The van der Waals surface area contributed by atoms with Gasteiger partial charge < -0.3 is 15.2 Å². The van der Waals surface area contributed by atoms with Gasteiger partial charge in [0.2, 0.25) is 5.91 Å². The molecule has 0 spiro atoms. The number of carboxylic acids is 1. The van der Waals surface area contributed by atoms with Crippen LogP contribution in [0.4, 0.5) is 5.13 Å². The molecule has 2 saturated heterocycles. The van der Waals surface area contributed by atoms with E-state index in [0.717, 1.165) is 22.6 Å². The van der Waals surface area contributed by atoms with E-state index in [0.29, 0.717) is 11.6 Å². The maximum absolute atomic E-state index is 12.7. The number of nitrogens with zero attached hydrogens (tertiary/aromatic N) is 1. The third-order valence-electron chi connectivity index (χ3n) is 4.92. The van der Waals surface area contributed by atoms with Crippen LogP contribution in [0.1, 0.15) is 18.5 Å². The van der Waals surface area contributed by atoms with E-state index in [1.807, 2.05) is 37.3 Å². The number of rotatable bonds is 4. The molecule has 2 aliphatic rings. The number of fused-ring (bicyclic) bond motifs is 2. The number of aryl methyl sites for hydroxylation is 1. The molecule has 7 heteroatoms. The van der Waals surface area contributed by atoms with E-state index in [-0.39, 0.29) is 18.1 Å². The Kier molecular flexibility index (Phi) is 4.05. The molecule has 2 aliphatic heterocycles. The highest BCUT2D eigenvalue weighted by Gasteiger charge is 2.55. The zero-order chi connectivity index (χ0) is 17.6. The van der Waals surface area contributed by atoms with Crippen LogP contribution in [0.15, 0.2) is 30.3 Å². The van der Waals surface area contributed by atoms with Gasteiger partial charge in [-0.15, -0.1) is 0 Å². The summed E-state index contributed by atoms with van der Waals surface area (Å²) in [7, 11) is 0. The first-order chi connectivity index (χ1) is 12.0. The smallest absolute Gasteiger partial charge is 0.310 e. The van der Waals surface area contributed by atoms with Gasteiger partial charge in [0, 0.05) is 0 Å². The molecule has 1 aromatic heterocycles. The SMILES string of the molecule is Cc1nc(NC(=O)[C@@H]2[C@@H](C(=O)O)[C@H]3CC[C@H]2O3)sc1-c1ccccc1. The highest BCUT2D eigenvalue weighted by Crippen LogP contribution is 2.44. The van der Waals surface area contributed by atoms with Crippen molar-refractivity contribution in [1.29, 1.82) is 0 Å². The molecule has 4 atom stereocenters. The van der Waals surface area contributed by atoms with E-state index in [4.69, 9.17) is 4.74 Å². The van der Waals surface area contributed by atoms with Crippen LogP contribution in [0.25, 0.3) is 10.4 Å². The number of thiazole rings is 1. The van der Waals surface area contributed by atoms with E-state index in [1.165, 1.54) is 11.3 Å². The standard InChI is InChI=1S/C18H18N2O4S/c1-9-15(10-5-3-2-4-6-10)25-18(19-9)20-16(21)13-11-7-8-12(24-11)14(13)17(22)23/h2-6,11-14H,7-8H2,1H3,(H,22,23)(H,19,20,21)/t11-,12-,13+,14+/m1/s1. The fourth-order valence-corrected chi connectivity index (χ4v) is 4.80. The largest absolute Gasteiger partial charge is 0.481 e. The van der Waals surface area contributed by atoms with E-state index < -0.39 is 17.8 Å². The minimum absolute atomic E-state index is 0.305. The van der Waals surface area contributed by atoms with E-state index >= 15 is 0 Å². The fraction of sp³-hybridized carbons (Fsp3) is 0.389. The fourth-order valence-electron chi connectivity index (χ4n) is 3.82. The Balaban J connectivity index is 1.55. The van der Waals surface area contributed by atoms with Crippen molar-refractivity contribution in [2.75, 3.05) is 5.32 Å². The van der Waals surface area contributed by atoms with Crippen LogP contribution in [0.2, 0.25) is 0 Å². The number of hydrogen-bond acceptors (Lipinski definition) is 5. The van der Waals surface area contributed by atoms with Gasteiger partial charge in [-0.3, -0.25) is 9.59 Å². The number of aromatic nitrogens is 1. The molecule has 130 valence electrons. The number of carbonyl (C=O) groups is 2. The molecular formula is C18H18N2O4S. The molecule has 2 fully saturated rings. The highest BCUT2D eigenvalue weighted by atomic mass is 32.1. The zero-order valence-electron chi connectivity index (χ0n) is 13.6. The summed E-state index contributed by atoms with van der Waals surface area (Å²) in [5, 5.41) is 12.7. The summed E-state index contributed by atoms with van der Waals surface area (Å²) >= 11 is 1.40. The molecule has 2 bridgehead atoms. The molecule has 1 amide bonds. The average molecular weight is 358 g/mol. The monoisotopic (exact) mass is 358 g/mol. The lowest BCUT2D eigenvalue weighted by atomic mass is 9.79. The number of nitrogens with one attached hydrogen (secondary N) is 1. The number of amides is 1. The summed E-state index contributed by atoms with van der Waals surface area (Å²) in [6, 6.07) is 9.85. The molecule has 1 aromatic carbocycles. The Morgan fingerprint density at radius 1 is 1.20 bits per heavy atom. The highest BCUT2D eigenvalue weighted by molar-refractivity contribution is 7.19. The second kappa shape index (κ2) is 6.24. The van der Waals surface area contributed by atoms with Crippen molar-refractivity contribution >= 4 is 28.3 Å². The molecule has 3 heterocycles. The normalized spacial score (nSPS) is 27.4. The molecule has 2 N–H and O–H groups in total. The first kappa shape index (κ1) is 16.2. The number of anilines is 1. The zero-order valence-corrected chi connectivity index (χ0v) is 14.5. The summed E-state index contributed by atoms with van der Waals surface area (Å²) in [6.07, 6.45) is 0.787. The molecule has 0 radical (unpaired) electrons. The number of aliphatic carboxylic acids is 1. The summed E-state index contributed by atoms with van der Waals surface area (Å²) in [6.45, 7) is 1.90. The van der Waals surface area contributed by atoms with Crippen LogP contribution < -0.4 is 5.32 Å². The van der Waals surface area contributed by atoms with Gasteiger partial charge in [0.25, 0.3) is 0 Å². The molecule has 6 nitrogen and oxygen atoms in total. The quantitative estimate of drug-likeness (QED) is 0.877. The molecule has 2 aromatic rings. The Morgan fingerprint density at radius 3 is 2.56 bits per heavy atom. The van der Waals surface area contributed by atoms with Gasteiger partial charge in [0.15, 0.2) is 5.13 Å². The summed E-state index contributed by atoms with van der Waals surface area (Å²) in [5.41, 5.74) is 1.88. The molecule has 0 aliphatic carbocycles. The summed E-state index contributed by atoms with van der Waals surface area (Å²) in [5.74, 6) is -2.70. The van der Waals surface area contributed by atoms with Gasteiger partial charge in [-0.05, 0) is 25.3 Å². The first-order valence-electron chi connectivity index (χ1n) is 8.26. The van der Waals surface area contributed by atoms with Crippen molar-refractivity contribution < 1.29 is 19.4 Å². The predicted molar refractivity (Wildman–Crippen MR) is 93.4 cm³/mol. The molecule has 0 unspecified atom stereocenters. The number of ether oxygens (including phenoxy) is 1. The number of carbonyl (C=O) groups excluding carboxylic acids is 1. The van der Waals surface area contributed by atoms with Crippen molar-refractivity contribution in [2.24, 2.45) is 11.8 Å². The van der Waals surface area contributed by atoms with Gasteiger partial charge in [-0.2, -0.15) is 0 Å². The lowest BCUT2D eigenvalue weighted by molar-refractivity contribution is -0.147. The average Bonchev–Trinajstić information content (AvgIpc) is 3.29. The molecular weight excluding hydrogens is 340 g/mol. The Bertz CT molecular complexity index is 820. The van der Waals surface area contributed by atoms with Crippen LogP contribution in [-0.4, -0.2) is 34.2 Å². The maximum atomic E-state index is 12.7. The van der Waals surface area contributed by atoms with Gasteiger partial charge in [-0.25, -0.2) is 4.98 Å². The van der Waals surface area contributed by atoms with Crippen LogP contribution in [-0.2, 0) is 14.3 Å². The minimum Gasteiger partial charge on any atom is -0.481 e. The van der Waals surface area contributed by atoms with Crippen LogP contribution >= 0.6 is 11.3 Å². The van der Waals surface area contributed by atoms with Gasteiger partial charge in [-0.1, -0.05) is 41.7 Å². The Labute approximate surface area is 148 Å². The van der Waals surface area contributed by atoms with Crippen molar-refractivity contribution in [2.45, 2.75) is 32.0 Å². The van der Waals surface area contributed by atoms with Gasteiger partial charge in [0.05, 0.1) is 34.6 Å². The Morgan fingerprint density at radius 2 is 1.88 bits per heavy atom. The second-order valence-corrected chi connectivity index (χ2v) is 7.47. The second-order valence-electron chi connectivity index (χ2n) is 6.47. The third kappa shape index (κ3) is 2.83. The van der Waals surface area contributed by atoms with Crippen molar-refractivity contribution in [3.63, 3.8) is 0 Å². The van der Waals surface area contributed by atoms with E-state index in [9.17, 15) is 14.7 Å². The molecule has 0 saturated carbocycles. The number of benzene rings is 1. The van der Waals surface area contributed by atoms with Crippen LogP contribution in [0.5, 0.6) is 0 Å². The molecule has 25 heavy (non-hydrogen) atoms. The maximum Gasteiger partial charge on any atom is 0.310 e. The Hall–Kier alpha value is -2.25. The predicted octanol–water partition coefficient (Wildman–Crippen LogP) is 2.94. The summed E-state index contributed by atoms with van der Waals surface area (Å²) in [4.78, 5) is 29.6. The van der Waals surface area contributed by atoms with Gasteiger partial charge in [0.1, 0.15) is 0 Å². The number of carboxylic acid groups (broad SMARTS) is 1. The number of hydrogen-bond donors (Lipinski definition) is 2. The van der Waals surface area contributed by atoms with Crippen LogP contribution in [0, 0.1) is 18.8 Å². The van der Waals surface area contributed by atoms with Crippen molar-refractivity contribution in [3.8, 4) is 10.4 Å². The lowest BCUT2D eigenvalue weighted by Crippen LogP contribution is -2.40. The summed E-state index contributed by atoms with van der Waals surface area (Å²) < 4.78 is 5.66. The van der Waals surface area contributed by atoms with Crippen LogP contribution in [0.3, 0.4) is 0 Å². The first-order valence-corrected chi connectivity index (χ1v) is 9.08. The van der Waals surface area contributed by atoms with Crippen molar-refractivity contribution in [1.82, 2.24) is 4.98 Å². The third-order valence-corrected chi connectivity index (χ3v) is 6.05. The van der Waals surface area contributed by atoms with E-state index in [1.54, 1.807) is 0 Å². The topological polar surface area (TPSA) is 88.5 Å². The minimum atomic E-state index is -0.965. The lowest BCUT2D eigenvalue weighted by Gasteiger charge is -2.23. The van der Waals surface area contributed by atoms with Gasteiger partial charge >= 0.3 is 5.97 Å². The van der Waals surface area contributed by atoms with Crippen molar-refractivity contribution in [3.05, 3.63) is 36.0 Å². The molecule has 4 rings (SSSR count). The van der Waals surface area contributed by atoms with E-state index in [2.05, 4.69) is 10.3 Å².